The molecule has 0 aliphatic heterocycles. The number of aliphatic hydroxyl groups excluding tert-OH is 1. The zero-order valence-corrected chi connectivity index (χ0v) is 11.9. The van der Waals surface area contributed by atoms with Crippen LogP contribution in [0, 0.1) is 5.41 Å². The number of rotatable bonds is 7. The van der Waals surface area contributed by atoms with Gasteiger partial charge in [0.05, 0.1) is 6.10 Å². The minimum absolute atomic E-state index is 0.0272. The summed E-state index contributed by atoms with van der Waals surface area (Å²) in [4.78, 5) is 2.38. The third kappa shape index (κ3) is 5.23. The Bertz CT molecular complexity index is 171. The molecule has 0 fully saturated rings. The zero-order chi connectivity index (χ0) is 12.1. The van der Waals surface area contributed by atoms with Gasteiger partial charge in [0.15, 0.2) is 0 Å². The Morgan fingerprint density at radius 3 is 2.27 bits per heavy atom. The molecule has 0 aliphatic carbocycles. The van der Waals surface area contributed by atoms with Crippen LogP contribution in [-0.2, 0) is 0 Å². The summed E-state index contributed by atoms with van der Waals surface area (Å²) in [7, 11) is 2.16. The van der Waals surface area contributed by atoms with Crippen molar-refractivity contribution in [2.24, 2.45) is 5.41 Å². The lowest BCUT2D eigenvalue weighted by Gasteiger charge is -2.36. The SMILES string of the molecule is CCC(CSC)N(C)CC(C)(C)C(C)O. The van der Waals surface area contributed by atoms with E-state index in [4.69, 9.17) is 0 Å². The summed E-state index contributed by atoms with van der Waals surface area (Å²) in [5.41, 5.74) is -0.0272. The van der Waals surface area contributed by atoms with E-state index in [1.54, 1.807) is 0 Å². The van der Waals surface area contributed by atoms with Crippen LogP contribution in [0.5, 0.6) is 0 Å². The van der Waals surface area contributed by atoms with Gasteiger partial charge in [-0.05, 0) is 26.6 Å². The van der Waals surface area contributed by atoms with Crippen molar-refractivity contribution in [3.63, 3.8) is 0 Å². The second-order valence-corrected chi connectivity index (χ2v) is 6.01. The van der Waals surface area contributed by atoms with Gasteiger partial charge in [0, 0.05) is 23.8 Å². The van der Waals surface area contributed by atoms with Gasteiger partial charge in [-0.25, -0.2) is 0 Å². The number of aliphatic hydroxyl groups is 1. The van der Waals surface area contributed by atoms with Crippen LogP contribution in [0.3, 0.4) is 0 Å². The smallest absolute Gasteiger partial charge is 0.0575 e. The summed E-state index contributed by atoms with van der Waals surface area (Å²) in [6.45, 7) is 9.31. The average Bonchev–Trinajstić information content (AvgIpc) is 2.12. The monoisotopic (exact) mass is 233 g/mol. The van der Waals surface area contributed by atoms with Crippen LogP contribution in [0.1, 0.15) is 34.1 Å². The van der Waals surface area contributed by atoms with Crippen molar-refractivity contribution in [3.05, 3.63) is 0 Å². The molecule has 0 saturated heterocycles. The highest BCUT2D eigenvalue weighted by molar-refractivity contribution is 7.98. The van der Waals surface area contributed by atoms with Crippen LogP contribution in [0.2, 0.25) is 0 Å². The molecule has 0 bridgehead atoms. The quantitative estimate of drug-likeness (QED) is 0.731. The molecule has 0 aromatic carbocycles. The molecule has 0 aromatic rings. The van der Waals surface area contributed by atoms with Gasteiger partial charge in [0.1, 0.15) is 0 Å². The van der Waals surface area contributed by atoms with Crippen LogP contribution >= 0.6 is 11.8 Å². The number of hydrogen-bond donors (Lipinski definition) is 1. The first-order valence-corrected chi connectivity index (χ1v) is 7.11. The normalized spacial score (nSPS) is 16.8. The molecule has 0 spiro atoms. The third-order valence-corrected chi connectivity index (χ3v) is 3.96. The highest BCUT2D eigenvalue weighted by Gasteiger charge is 2.27. The van der Waals surface area contributed by atoms with Gasteiger partial charge in [-0.15, -0.1) is 0 Å². The van der Waals surface area contributed by atoms with E-state index in [1.807, 2.05) is 18.7 Å². The number of thioether (sulfide) groups is 1. The van der Waals surface area contributed by atoms with E-state index in [-0.39, 0.29) is 11.5 Å². The van der Waals surface area contributed by atoms with Crippen LogP contribution in [0.15, 0.2) is 0 Å². The molecule has 0 heterocycles. The summed E-state index contributed by atoms with van der Waals surface area (Å²) < 4.78 is 0. The van der Waals surface area contributed by atoms with Gasteiger partial charge in [-0.1, -0.05) is 20.8 Å². The van der Waals surface area contributed by atoms with E-state index < -0.39 is 0 Å². The Labute approximate surface area is 99.4 Å². The molecule has 15 heavy (non-hydrogen) atoms. The molecule has 0 radical (unpaired) electrons. The summed E-state index contributed by atoms with van der Waals surface area (Å²) in [6.07, 6.45) is 3.07. The van der Waals surface area contributed by atoms with Crippen molar-refractivity contribution in [1.29, 1.82) is 0 Å². The Morgan fingerprint density at radius 2 is 1.93 bits per heavy atom. The van der Waals surface area contributed by atoms with E-state index in [1.165, 1.54) is 12.2 Å². The van der Waals surface area contributed by atoms with Crippen LogP contribution in [0.25, 0.3) is 0 Å². The van der Waals surface area contributed by atoms with Crippen molar-refractivity contribution in [3.8, 4) is 0 Å². The fourth-order valence-corrected chi connectivity index (χ4v) is 2.53. The molecule has 0 saturated carbocycles. The van der Waals surface area contributed by atoms with Crippen molar-refractivity contribution >= 4 is 11.8 Å². The Kier molecular flexibility index (Phi) is 6.89. The van der Waals surface area contributed by atoms with Crippen LogP contribution in [0.4, 0.5) is 0 Å². The Hall–Kier alpha value is 0.270. The molecule has 0 aromatic heterocycles. The topological polar surface area (TPSA) is 23.5 Å². The van der Waals surface area contributed by atoms with Crippen molar-refractivity contribution < 1.29 is 5.11 Å². The van der Waals surface area contributed by atoms with Gasteiger partial charge in [-0.2, -0.15) is 11.8 Å². The van der Waals surface area contributed by atoms with Crippen LogP contribution in [-0.4, -0.2) is 47.8 Å². The summed E-state index contributed by atoms with van der Waals surface area (Å²) in [5.74, 6) is 1.17. The molecule has 2 atom stereocenters. The lowest BCUT2D eigenvalue weighted by molar-refractivity contribution is 0.0325. The first-order valence-electron chi connectivity index (χ1n) is 5.72. The molecule has 2 nitrogen and oxygen atoms in total. The van der Waals surface area contributed by atoms with E-state index in [0.717, 1.165) is 6.54 Å². The minimum atomic E-state index is -0.258. The van der Waals surface area contributed by atoms with E-state index in [9.17, 15) is 5.11 Å². The molecular formula is C12H27NOS. The van der Waals surface area contributed by atoms with Crippen molar-refractivity contribution in [2.75, 3.05) is 25.6 Å². The molecule has 0 amide bonds. The first-order chi connectivity index (χ1) is 6.85. The maximum Gasteiger partial charge on any atom is 0.0575 e. The predicted molar refractivity (Wildman–Crippen MR) is 70.6 cm³/mol. The summed E-state index contributed by atoms with van der Waals surface area (Å²) in [5, 5.41) is 9.68. The lowest BCUT2D eigenvalue weighted by atomic mass is 9.86. The molecule has 2 unspecified atom stereocenters. The first kappa shape index (κ1) is 15.3. The van der Waals surface area contributed by atoms with Crippen molar-refractivity contribution in [2.45, 2.75) is 46.3 Å². The maximum absolute atomic E-state index is 9.68. The Morgan fingerprint density at radius 1 is 1.40 bits per heavy atom. The highest BCUT2D eigenvalue weighted by Crippen LogP contribution is 2.23. The average molecular weight is 233 g/mol. The van der Waals surface area contributed by atoms with Crippen LogP contribution < -0.4 is 0 Å². The highest BCUT2D eigenvalue weighted by atomic mass is 32.2. The molecule has 0 aliphatic rings. The van der Waals surface area contributed by atoms with E-state index in [2.05, 4.69) is 39.0 Å². The molecule has 1 N–H and O–H groups in total. The van der Waals surface area contributed by atoms with Gasteiger partial charge in [0.2, 0.25) is 0 Å². The second-order valence-electron chi connectivity index (χ2n) is 5.10. The minimum Gasteiger partial charge on any atom is -0.393 e. The van der Waals surface area contributed by atoms with Gasteiger partial charge in [-0.3, -0.25) is 0 Å². The zero-order valence-electron chi connectivity index (χ0n) is 11.1. The lowest BCUT2D eigenvalue weighted by Crippen LogP contribution is -2.43. The molecule has 0 rings (SSSR count). The van der Waals surface area contributed by atoms with Crippen molar-refractivity contribution in [1.82, 2.24) is 4.90 Å². The Balaban J connectivity index is 4.25. The van der Waals surface area contributed by atoms with Gasteiger partial charge in [0.25, 0.3) is 0 Å². The molecule has 92 valence electrons. The van der Waals surface area contributed by atoms with E-state index >= 15 is 0 Å². The molecule has 3 heteroatoms. The van der Waals surface area contributed by atoms with Gasteiger partial charge < -0.3 is 10.0 Å². The predicted octanol–water partition coefficient (Wildman–Crippen LogP) is 2.47. The fraction of sp³-hybridized carbons (Fsp3) is 1.00. The van der Waals surface area contributed by atoms with Gasteiger partial charge >= 0.3 is 0 Å². The summed E-state index contributed by atoms with van der Waals surface area (Å²) in [6, 6.07) is 0.623. The largest absolute Gasteiger partial charge is 0.393 e. The third-order valence-electron chi connectivity index (χ3n) is 3.24. The summed E-state index contributed by atoms with van der Waals surface area (Å²) >= 11 is 1.89. The molecular weight excluding hydrogens is 206 g/mol. The number of nitrogens with zero attached hydrogens (tertiary/aromatic N) is 1. The van der Waals surface area contributed by atoms with E-state index in [0.29, 0.717) is 6.04 Å². The second kappa shape index (κ2) is 6.77. The maximum atomic E-state index is 9.68. The standard InChI is InChI=1S/C12H27NOS/c1-7-11(8-15-6)13(5)9-12(3,4)10(2)14/h10-11,14H,7-9H2,1-6H3. The number of hydrogen-bond acceptors (Lipinski definition) is 3. The fourth-order valence-electron chi connectivity index (χ4n) is 1.65.